The highest BCUT2D eigenvalue weighted by Gasteiger charge is 2.49. The largest absolute Gasteiger partial charge is 0.405 e. The van der Waals surface area contributed by atoms with Crippen LogP contribution in [-0.2, 0) is 10.2 Å². The summed E-state index contributed by atoms with van der Waals surface area (Å²) in [5.41, 5.74) is 0.482. The van der Waals surface area contributed by atoms with Gasteiger partial charge < -0.3 is 15.5 Å². The molecule has 2 amide bonds. The smallest absolute Gasteiger partial charge is 0.349 e. The molecule has 1 aliphatic heterocycles. The molecule has 42 heavy (non-hydrogen) atoms. The highest BCUT2D eigenvalue weighted by molar-refractivity contribution is 6.00. The van der Waals surface area contributed by atoms with Crippen molar-refractivity contribution in [2.45, 2.75) is 49.7 Å². The summed E-state index contributed by atoms with van der Waals surface area (Å²) in [7, 11) is 0. The van der Waals surface area contributed by atoms with E-state index in [-0.39, 0.29) is 18.4 Å². The maximum Gasteiger partial charge on any atom is 0.405 e. The van der Waals surface area contributed by atoms with E-state index in [4.69, 9.17) is 0 Å². The summed E-state index contributed by atoms with van der Waals surface area (Å²) in [6.07, 6.45) is -1.68. The third-order valence-electron chi connectivity index (χ3n) is 8.24. The fraction of sp³-hybridized carbons (Fsp3) is 0.375. The van der Waals surface area contributed by atoms with Gasteiger partial charge in [0.05, 0.1) is 0 Å². The molecule has 0 spiro atoms. The first-order valence-corrected chi connectivity index (χ1v) is 14.1. The molecule has 0 saturated carbocycles. The summed E-state index contributed by atoms with van der Waals surface area (Å²) in [5.74, 6) is -2.11. The van der Waals surface area contributed by atoms with Gasteiger partial charge in [-0.15, -0.1) is 0 Å². The van der Waals surface area contributed by atoms with Gasteiger partial charge in [0.1, 0.15) is 23.6 Å². The SMILES string of the molecule is O=C(NC1CCN(CCCCC2(C(=O)NCC(F)(F)F)c3ccc(F)cc3-c3cc(F)ccc32)CC1)c1ccccc1. The van der Waals surface area contributed by atoms with Crippen LogP contribution in [0.4, 0.5) is 22.0 Å². The van der Waals surface area contributed by atoms with Crippen LogP contribution in [0.1, 0.15) is 53.6 Å². The second-order valence-corrected chi connectivity index (χ2v) is 11.0. The Labute approximate surface area is 241 Å². The van der Waals surface area contributed by atoms with Crippen molar-refractivity contribution in [1.82, 2.24) is 15.5 Å². The van der Waals surface area contributed by atoms with Crippen molar-refractivity contribution in [3.63, 3.8) is 0 Å². The number of benzene rings is 3. The molecule has 1 heterocycles. The number of carbonyl (C=O) groups excluding carboxylic acids is 2. The molecule has 3 aromatic rings. The zero-order valence-corrected chi connectivity index (χ0v) is 22.9. The van der Waals surface area contributed by atoms with E-state index in [0.717, 1.165) is 25.9 Å². The van der Waals surface area contributed by atoms with E-state index >= 15 is 0 Å². The average molecular weight is 586 g/mol. The molecule has 0 bridgehead atoms. The minimum atomic E-state index is -4.61. The van der Waals surface area contributed by atoms with Gasteiger partial charge in [-0.1, -0.05) is 36.8 Å². The summed E-state index contributed by atoms with van der Waals surface area (Å²) in [5, 5.41) is 5.13. The van der Waals surface area contributed by atoms with Crippen molar-refractivity contribution in [2.75, 3.05) is 26.2 Å². The molecule has 0 unspecified atom stereocenters. The lowest BCUT2D eigenvalue weighted by atomic mass is 9.73. The predicted octanol–water partition coefficient (Wildman–Crippen LogP) is 5.97. The number of nitrogens with zero attached hydrogens (tertiary/aromatic N) is 1. The van der Waals surface area contributed by atoms with Gasteiger partial charge in [-0.25, -0.2) is 8.78 Å². The van der Waals surface area contributed by atoms with E-state index in [9.17, 15) is 31.5 Å². The molecule has 10 heteroatoms. The normalized spacial score (nSPS) is 16.5. The number of fused-ring (bicyclic) bond motifs is 3. The van der Waals surface area contributed by atoms with Crippen molar-refractivity contribution in [1.29, 1.82) is 0 Å². The van der Waals surface area contributed by atoms with Crippen molar-refractivity contribution < 1.29 is 31.5 Å². The van der Waals surface area contributed by atoms with E-state index < -0.39 is 35.7 Å². The number of hydrogen-bond acceptors (Lipinski definition) is 3. The second-order valence-electron chi connectivity index (χ2n) is 11.0. The first-order chi connectivity index (χ1) is 20.1. The number of piperidine rings is 1. The first kappa shape index (κ1) is 29.7. The summed E-state index contributed by atoms with van der Waals surface area (Å²) < 4.78 is 67.7. The Kier molecular flexibility index (Phi) is 8.63. The fourth-order valence-corrected chi connectivity index (χ4v) is 6.21. The van der Waals surface area contributed by atoms with Crippen LogP contribution in [-0.4, -0.2) is 55.1 Å². The standard InChI is InChI=1S/C32H32F5N3O2/c33-22-8-10-27-25(18-22)26-19-23(34)9-11-28(26)31(27,30(42)38-20-32(35,36)37)14-4-5-15-40-16-12-24(13-17-40)39-29(41)21-6-2-1-3-7-21/h1-3,6-11,18-19,24H,4-5,12-17,20H2,(H,38,42)(H,39,41). The van der Waals surface area contributed by atoms with Crippen LogP contribution in [0.2, 0.25) is 0 Å². The van der Waals surface area contributed by atoms with Crippen molar-refractivity contribution in [2.24, 2.45) is 0 Å². The molecular weight excluding hydrogens is 553 g/mol. The monoisotopic (exact) mass is 585 g/mol. The first-order valence-electron chi connectivity index (χ1n) is 14.1. The van der Waals surface area contributed by atoms with E-state index in [1.807, 2.05) is 23.5 Å². The van der Waals surface area contributed by atoms with E-state index in [2.05, 4.69) is 10.2 Å². The number of nitrogens with one attached hydrogen (secondary N) is 2. The number of halogens is 5. The third kappa shape index (κ3) is 6.33. The van der Waals surface area contributed by atoms with Gasteiger partial charge in [0.25, 0.3) is 5.91 Å². The summed E-state index contributed by atoms with van der Waals surface area (Å²) in [6, 6.07) is 16.7. The van der Waals surface area contributed by atoms with Gasteiger partial charge in [0, 0.05) is 24.7 Å². The van der Waals surface area contributed by atoms with Crippen LogP contribution in [0.3, 0.4) is 0 Å². The molecule has 2 N–H and O–H groups in total. The topological polar surface area (TPSA) is 61.4 Å². The lowest BCUT2D eigenvalue weighted by molar-refractivity contribution is -0.141. The van der Waals surface area contributed by atoms with E-state index in [0.29, 0.717) is 47.2 Å². The zero-order chi connectivity index (χ0) is 29.9. The maximum absolute atomic E-state index is 14.2. The molecule has 0 aromatic heterocycles. The summed E-state index contributed by atoms with van der Waals surface area (Å²) in [4.78, 5) is 28.3. The molecule has 222 valence electrons. The Bertz CT molecular complexity index is 1380. The molecule has 1 aliphatic carbocycles. The van der Waals surface area contributed by atoms with Crippen LogP contribution in [0.5, 0.6) is 0 Å². The highest BCUT2D eigenvalue weighted by atomic mass is 19.4. The molecule has 0 atom stereocenters. The van der Waals surface area contributed by atoms with Gasteiger partial charge in [0.2, 0.25) is 5.91 Å². The molecule has 0 radical (unpaired) electrons. The quantitative estimate of drug-likeness (QED) is 0.240. The maximum atomic E-state index is 14.2. The van der Waals surface area contributed by atoms with E-state index in [1.165, 1.54) is 36.4 Å². The number of rotatable bonds is 9. The fourth-order valence-electron chi connectivity index (χ4n) is 6.21. The number of amides is 2. The summed E-state index contributed by atoms with van der Waals surface area (Å²) in [6.45, 7) is 0.769. The van der Waals surface area contributed by atoms with Crippen molar-refractivity contribution in [3.05, 3.63) is 95.1 Å². The minimum absolute atomic E-state index is 0.0711. The Morgan fingerprint density at radius 3 is 2.02 bits per heavy atom. The van der Waals surface area contributed by atoms with Crippen molar-refractivity contribution in [3.8, 4) is 11.1 Å². The molecule has 2 aliphatic rings. The Balaban J connectivity index is 1.25. The number of unbranched alkanes of at least 4 members (excludes halogenated alkanes) is 1. The lowest BCUT2D eigenvalue weighted by Gasteiger charge is -2.33. The van der Waals surface area contributed by atoms with Crippen LogP contribution in [0.15, 0.2) is 66.7 Å². The molecule has 5 nitrogen and oxygen atoms in total. The molecular formula is C32H32F5N3O2. The van der Waals surface area contributed by atoms with Crippen LogP contribution in [0.25, 0.3) is 11.1 Å². The molecule has 5 rings (SSSR count). The van der Waals surface area contributed by atoms with Gasteiger partial charge in [0.15, 0.2) is 0 Å². The lowest BCUT2D eigenvalue weighted by Crippen LogP contribution is -2.47. The van der Waals surface area contributed by atoms with Gasteiger partial charge in [-0.3, -0.25) is 9.59 Å². The van der Waals surface area contributed by atoms with Gasteiger partial charge in [-0.2, -0.15) is 13.2 Å². The molecule has 1 saturated heterocycles. The average Bonchev–Trinajstić information content (AvgIpc) is 3.23. The van der Waals surface area contributed by atoms with E-state index in [1.54, 1.807) is 12.1 Å². The summed E-state index contributed by atoms with van der Waals surface area (Å²) >= 11 is 0. The molecule has 1 fully saturated rings. The Morgan fingerprint density at radius 1 is 0.857 bits per heavy atom. The Morgan fingerprint density at radius 2 is 1.45 bits per heavy atom. The second kappa shape index (κ2) is 12.2. The van der Waals surface area contributed by atoms with Gasteiger partial charge in [-0.05, 0) is 90.9 Å². The number of alkyl halides is 3. The highest BCUT2D eigenvalue weighted by Crippen LogP contribution is 2.52. The molecule has 3 aromatic carbocycles. The third-order valence-corrected chi connectivity index (χ3v) is 8.24. The predicted molar refractivity (Wildman–Crippen MR) is 149 cm³/mol. The van der Waals surface area contributed by atoms with Crippen molar-refractivity contribution >= 4 is 11.8 Å². The van der Waals surface area contributed by atoms with Crippen LogP contribution >= 0.6 is 0 Å². The number of likely N-dealkylation sites (tertiary alicyclic amines) is 1. The van der Waals surface area contributed by atoms with Crippen LogP contribution < -0.4 is 10.6 Å². The zero-order valence-electron chi connectivity index (χ0n) is 22.9. The number of hydrogen-bond donors (Lipinski definition) is 2. The Hall–Kier alpha value is -3.79. The van der Waals surface area contributed by atoms with Gasteiger partial charge >= 0.3 is 6.18 Å². The number of carbonyl (C=O) groups is 2. The minimum Gasteiger partial charge on any atom is -0.349 e. The van der Waals surface area contributed by atoms with Crippen LogP contribution in [0, 0.1) is 11.6 Å².